The van der Waals surface area contributed by atoms with Crippen LogP contribution < -0.4 is 10.2 Å². The third-order valence-electron chi connectivity index (χ3n) is 4.27. The SMILES string of the molecule is Cc1cc(C)c2cccc([O-])c2n1.Cc1cc(C)c2cccc([O-])c2n1.[Al+3]. The molecular weight excluding hydrogens is 351 g/mol. The van der Waals surface area contributed by atoms with Crippen molar-refractivity contribution in [2.75, 3.05) is 0 Å². The van der Waals surface area contributed by atoms with Gasteiger partial charge in [0.25, 0.3) is 0 Å². The fourth-order valence-electron chi connectivity index (χ4n) is 3.11. The van der Waals surface area contributed by atoms with Gasteiger partial charge in [0.15, 0.2) is 0 Å². The van der Waals surface area contributed by atoms with Crippen molar-refractivity contribution in [3.63, 3.8) is 0 Å². The summed E-state index contributed by atoms with van der Waals surface area (Å²) in [6.45, 7) is 7.80. The Morgan fingerprint density at radius 3 is 1.37 bits per heavy atom. The standard InChI is InChI=1S/2C11H11NO.Al/c2*1-7-6-8(2)12-11-9(7)4-3-5-10(11)13;/h2*3-6,13H,1-2H3;/q;;+3/p-2. The minimum absolute atomic E-state index is 0. The van der Waals surface area contributed by atoms with Gasteiger partial charge in [0.05, 0.1) is 11.0 Å². The van der Waals surface area contributed by atoms with Gasteiger partial charge in [-0.05, 0) is 51.0 Å². The molecule has 5 heteroatoms. The van der Waals surface area contributed by atoms with Crippen LogP contribution in [0.2, 0.25) is 0 Å². The van der Waals surface area contributed by atoms with E-state index in [0.717, 1.165) is 33.3 Å². The number of nitrogens with zero attached hydrogens (tertiary/aromatic N) is 2. The van der Waals surface area contributed by atoms with Crippen LogP contribution in [0.4, 0.5) is 0 Å². The van der Waals surface area contributed by atoms with Gasteiger partial charge in [0, 0.05) is 22.2 Å². The number of pyridine rings is 2. The Morgan fingerprint density at radius 2 is 1.00 bits per heavy atom. The second-order valence-corrected chi connectivity index (χ2v) is 6.47. The van der Waals surface area contributed by atoms with E-state index in [4.69, 9.17) is 0 Å². The topological polar surface area (TPSA) is 71.9 Å². The molecule has 0 aliphatic heterocycles. The van der Waals surface area contributed by atoms with Crippen molar-refractivity contribution < 1.29 is 10.2 Å². The predicted octanol–water partition coefficient (Wildman–Crippen LogP) is 3.47. The molecule has 27 heavy (non-hydrogen) atoms. The molecule has 2 aromatic carbocycles. The zero-order valence-corrected chi connectivity index (χ0v) is 17.1. The Morgan fingerprint density at radius 1 is 0.630 bits per heavy atom. The van der Waals surface area contributed by atoms with Gasteiger partial charge < -0.3 is 10.2 Å². The van der Waals surface area contributed by atoms with Gasteiger partial charge in [0.1, 0.15) is 0 Å². The monoisotopic (exact) mass is 371 g/mol. The molecule has 132 valence electrons. The molecule has 0 fully saturated rings. The fourth-order valence-corrected chi connectivity index (χ4v) is 3.11. The van der Waals surface area contributed by atoms with E-state index in [0.29, 0.717) is 11.0 Å². The molecule has 0 atom stereocenters. The smallest absolute Gasteiger partial charge is 0.871 e. The van der Waals surface area contributed by atoms with Crippen LogP contribution in [-0.4, -0.2) is 27.3 Å². The molecule has 4 rings (SSSR count). The van der Waals surface area contributed by atoms with Crippen molar-refractivity contribution in [2.45, 2.75) is 27.7 Å². The van der Waals surface area contributed by atoms with Gasteiger partial charge in [-0.2, -0.15) is 0 Å². The van der Waals surface area contributed by atoms with Crippen LogP contribution in [0.3, 0.4) is 0 Å². The summed E-state index contributed by atoms with van der Waals surface area (Å²) in [7, 11) is 0. The Bertz CT molecular complexity index is 1020. The first-order valence-corrected chi connectivity index (χ1v) is 8.45. The molecule has 2 aromatic heterocycles. The number of fused-ring (bicyclic) bond motifs is 2. The molecule has 0 unspecified atom stereocenters. The first kappa shape index (κ1) is 20.7. The second-order valence-electron chi connectivity index (χ2n) is 6.47. The van der Waals surface area contributed by atoms with Crippen molar-refractivity contribution in [3.05, 3.63) is 71.0 Å². The zero-order valence-electron chi connectivity index (χ0n) is 15.9. The zero-order chi connectivity index (χ0) is 18.8. The summed E-state index contributed by atoms with van der Waals surface area (Å²) in [5.74, 6) is 0.00796. The second kappa shape index (κ2) is 8.39. The molecule has 0 aliphatic carbocycles. The Labute approximate surface area is 169 Å². The number of aryl methyl sites for hydroxylation is 4. The predicted molar refractivity (Wildman–Crippen MR) is 107 cm³/mol. The van der Waals surface area contributed by atoms with Gasteiger partial charge in [-0.1, -0.05) is 47.9 Å². The van der Waals surface area contributed by atoms with E-state index in [1.165, 1.54) is 0 Å². The summed E-state index contributed by atoms with van der Waals surface area (Å²) in [5, 5.41) is 24.8. The number of hydrogen-bond donors (Lipinski definition) is 0. The van der Waals surface area contributed by atoms with Gasteiger partial charge >= 0.3 is 17.4 Å². The van der Waals surface area contributed by atoms with E-state index in [1.54, 1.807) is 24.3 Å². The molecular formula is C22H20AlN2O2+. The molecule has 0 spiro atoms. The first-order chi connectivity index (χ1) is 12.4. The molecule has 4 aromatic rings. The molecule has 0 N–H and O–H groups in total. The number of benzene rings is 2. The van der Waals surface area contributed by atoms with Crippen LogP contribution in [-0.2, 0) is 0 Å². The molecule has 0 radical (unpaired) electrons. The van der Waals surface area contributed by atoms with E-state index in [2.05, 4.69) is 9.97 Å². The van der Waals surface area contributed by atoms with Crippen molar-refractivity contribution in [2.24, 2.45) is 0 Å². The van der Waals surface area contributed by atoms with Gasteiger partial charge in [-0.25, -0.2) is 0 Å². The molecule has 0 bridgehead atoms. The van der Waals surface area contributed by atoms with Gasteiger partial charge in [0.2, 0.25) is 0 Å². The van der Waals surface area contributed by atoms with E-state index >= 15 is 0 Å². The summed E-state index contributed by atoms with van der Waals surface area (Å²) in [4.78, 5) is 8.45. The van der Waals surface area contributed by atoms with Crippen molar-refractivity contribution in [3.8, 4) is 11.5 Å². The first-order valence-electron chi connectivity index (χ1n) is 8.45. The Hall–Kier alpha value is -2.61. The summed E-state index contributed by atoms with van der Waals surface area (Å²) >= 11 is 0. The molecule has 4 nitrogen and oxygen atoms in total. The molecule has 2 heterocycles. The minimum Gasteiger partial charge on any atom is -0.871 e. The Balaban J connectivity index is 0.000000187. The van der Waals surface area contributed by atoms with E-state index in [9.17, 15) is 10.2 Å². The fraction of sp³-hybridized carbons (Fsp3) is 0.182. The number of hydrogen-bond acceptors (Lipinski definition) is 4. The molecule has 0 saturated heterocycles. The maximum atomic E-state index is 11.4. The molecule has 0 amide bonds. The van der Waals surface area contributed by atoms with Crippen LogP contribution >= 0.6 is 0 Å². The maximum absolute atomic E-state index is 11.4. The van der Waals surface area contributed by atoms with Crippen LogP contribution in [0, 0.1) is 27.7 Å². The van der Waals surface area contributed by atoms with Gasteiger partial charge in [-0.3, -0.25) is 9.97 Å². The summed E-state index contributed by atoms with van der Waals surface area (Å²) in [6.07, 6.45) is 0. The normalized spacial score (nSPS) is 10.2. The summed E-state index contributed by atoms with van der Waals surface area (Å²) < 4.78 is 0. The van der Waals surface area contributed by atoms with E-state index in [-0.39, 0.29) is 28.9 Å². The Kier molecular flexibility index (Phi) is 6.43. The third-order valence-corrected chi connectivity index (χ3v) is 4.27. The minimum atomic E-state index is 0. The van der Waals surface area contributed by atoms with Crippen molar-refractivity contribution in [1.29, 1.82) is 0 Å². The third kappa shape index (κ3) is 4.39. The van der Waals surface area contributed by atoms with Crippen LogP contribution in [0.25, 0.3) is 21.8 Å². The largest absolute Gasteiger partial charge is 3.00 e. The van der Waals surface area contributed by atoms with Gasteiger partial charge in [-0.15, -0.1) is 0 Å². The quantitative estimate of drug-likeness (QED) is 0.444. The van der Waals surface area contributed by atoms with E-state index in [1.807, 2.05) is 52.0 Å². The average molecular weight is 371 g/mol. The van der Waals surface area contributed by atoms with Crippen LogP contribution in [0.1, 0.15) is 22.5 Å². The summed E-state index contributed by atoms with van der Waals surface area (Å²) in [6, 6.07) is 14.5. The van der Waals surface area contributed by atoms with Crippen LogP contribution in [0.5, 0.6) is 11.5 Å². The molecule has 0 saturated carbocycles. The molecule has 0 aliphatic rings. The maximum Gasteiger partial charge on any atom is 3.00 e. The van der Waals surface area contributed by atoms with Crippen LogP contribution in [0.15, 0.2) is 48.5 Å². The van der Waals surface area contributed by atoms with E-state index < -0.39 is 0 Å². The summed E-state index contributed by atoms with van der Waals surface area (Å²) in [5.41, 5.74) is 5.18. The average Bonchev–Trinajstić information content (AvgIpc) is 2.57. The van der Waals surface area contributed by atoms with Crippen molar-refractivity contribution in [1.82, 2.24) is 9.97 Å². The number of para-hydroxylation sites is 2. The number of aromatic nitrogens is 2. The van der Waals surface area contributed by atoms with Crippen molar-refractivity contribution >= 4 is 39.2 Å². The number of rotatable bonds is 0.